The number of nitrogens with zero attached hydrogens (tertiary/aromatic N) is 1. The summed E-state index contributed by atoms with van der Waals surface area (Å²) >= 11 is 0. The smallest absolute Gasteiger partial charge is 0.237 e. The molecule has 1 aliphatic rings. The first-order valence-electron chi connectivity index (χ1n) is 6.80. The lowest BCUT2D eigenvalue weighted by Gasteiger charge is -2.35. The highest BCUT2D eigenvalue weighted by molar-refractivity contribution is 5.83. The molecule has 0 aliphatic carbocycles. The highest BCUT2D eigenvalue weighted by Crippen LogP contribution is 2.20. The number of nitrogens with two attached hydrogens (primary N) is 2. The predicted molar refractivity (Wildman–Crippen MR) is 70.5 cm³/mol. The maximum atomic E-state index is 11.1. The number of likely N-dealkylation sites (tertiary alicyclic amines) is 1. The summed E-state index contributed by atoms with van der Waals surface area (Å²) in [6.45, 7) is 6.21. The molecular weight excluding hydrogens is 214 g/mol. The van der Waals surface area contributed by atoms with Gasteiger partial charge in [0, 0.05) is 6.04 Å². The van der Waals surface area contributed by atoms with E-state index >= 15 is 0 Å². The van der Waals surface area contributed by atoms with Crippen LogP contribution in [0.1, 0.15) is 52.4 Å². The molecule has 1 rings (SSSR count). The third-order valence-electron chi connectivity index (χ3n) is 3.92. The molecule has 0 aromatic rings. The monoisotopic (exact) mass is 241 g/mol. The minimum Gasteiger partial charge on any atom is -0.368 e. The molecule has 1 saturated heterocycles. The standard InChI is InChI=1S/C13H27N3O/c1-3-11-7-4-5-9-16(11)10-6-8-13(2,15)12(14)17/h11H,3-10,15H2,1-2H3,(H2,14,17). The van der Waals surface area contributed by atoms with E-state index in [2.05, 4.69) is 11.8 Å². The Labute approximate surface area is 105 Å². The van der Waals surface area contributed by atoms with Crippen LogP contribution in [0.25, 0.3) is 0 Å². The molecule has 100 valence electrons. The average molecular weight is 241 g/mol. The van der Waals surface area contributed by atoms with Crippen LogP contribution in [-0.4, -0.2) is 35.5 Å². The molecule has 17 heavy (non-hydrogen) atoms. The Kier molecular flexibility index (Phi) is 5.40. The van der Waals surface area contributed by atoms with Gasteiger partial charge in [-0.1, -0.05) is 13.3 Å². The van der Waals surface area contributed by atoms with Crippen molar-refractivity contribution < 1.29 is 4.79 Å². The number of carbonyl (C=O) groups excluding carboxylic acids is 1. The van der Waals surface area contributed by atoms with Crippen molar-refractivity contribution in [3.63, 3.8) is 0 Å². The van der Waals surface area contributed by atoms with Crippen LogP contribution in [0, 0.1) is 0 Å². The predicted octanol–water partition coefficient (Wildman–Crippen LogP) is 1.23. The van der Waals surface area contributed by atoms with Gasteiger partial charge in [-0.2, -0.15) is 0 Å². The lowest BCUT2D eigenvalue weighted by Crippen LogP contribution is -2.50. The van der Waals surface area contributed by atoms with E-state index < -0.39 is 11.4 Å². The summed E-state index contributed by atoms with van der Waals surface area (Å²) < 4.78 is 0. The maximum absolute atomic E-state index is 11.1. The quantitative estimate of drug-likeness (QED) is 0.734. The zero-order valence-corrected chi connectivity index (χ0v) is 11.2. The minimum atomic E-state index is -0.850. The summed E-state index contributed by atoms with van der Waals surface area (Å²) in [7, 11) is 0. The summed E-state index contributed by atoms with van der Waals surface area (Å²) in [5.74, 6) is -0.400. The van der Waals surface area contributed by atoms with E-state index in [0.29, 0.717) is 6.42 Å². The highest BCUT2D eigenvalue weighted by atomic mass is 16.1. The van der Waals surface area contributed by atoms with E-state index in [1.54, 1.807) is 6.92 Å². The topological polar surface area (TPSA) is 72.3 Å². The number of hydrogen-bond acceptors (Lipinski definition) is 3. The Morgan fingerprint density at radius 1 is 1.47 bits per heavy atom. The summed E-state index contributed by atoms with van der Waals surface area (Å²) in [6, 6.07) is 0.723. The molecule has 0 aromatic carbocycles. The van der Waals surface area contributed by atoms with Crippen LogP contribution in [0.2, 0.25) is 0 Å². The summed E-state index contributed by atoms with van der Waals surface area (Å²) in [5.41, 5.74) is 10.3. The zero-order valence-electron chi connectivity index (χ0n) is 11.2. The Hall–Kier alpha value is -0.610. The van der Waals surface area contributed by atoms with Crippen molar-refractivity contribution in [3.05, 3.63) is 0 Å². The van der Waals surface area contributed by atoms with Gasteiger partial charge in [-0.25, -0.2) is 0 Å². The molecule has 0 spiro atoms. The van der Waals surface area contributed by atoms with Crippen LogP contribution in [-0.2, 0) is 4.79 Å². The second-order valence-corrected chi connectivity index (χ2v) is 5.48. The molecule has 4 nitrogen and oxygen atoms in total. The first-order valence-corrected chi connectivity index (χ1v) is 6.80. The molecule has 0 aromatic heterocycles. The second kappa shape index (κ2) is 6.36. The van der Waals surface area contributed by atoms with Crippen LogP contribution in [0.4, 0.5) is 0 Å². The van der Waals surface area contributed by atoms with Crippen LogP contribution >= 0.6 is 0 Å². The van der Waals surface area contributed by atoms with Crippen LogP contribution < -0.4 is 11.5 Å². The third kappa shape index (κ3) is 4.28. The molecular formula is C13H27N3O. The fourth-order valence-corrected chi connectivity index (χ4v) is 2.59. The van der Waals surface area contributed by atoms with Gasteiger partial charge in [-0.3, -0.25) is 4.79 Å². The lowest BCUT2D eigenvalue weighted by atomic mass is 9.95. The van der Waals surface area contributed by atoms with Gasteiger partial charge in [-0.05, 0) is 52.1 Å². The van der Waals surface area contributed by atoms with Gasteiger partial charge in [-0.15, -0.1) is 0 Å². The van der Waals surface area contributed by atoms with Gasteiger partial charge in [0.15, 0.2) is 0 Å². The zero-order chi connectivity index (χ0) is 12.9. The van der Waals surface area contributed by atoms with E-state index in [0.717, 1.165) is 19.0 Å². The highest BCUT2D eigenvalue weighted by Gasteiger charge is 2.26. The number of primary amides is 1. The molecule has 1 amide bonds. The molecule has 0 saturated carbocycles. The van der Waals surface area contributed by atoms with Crippen LogP contribution in [0.5, 0.6) is 0 Å². The number of rotatable bonds is 6. The van der Waals surface area contributed by atoms with Crippen LogP contribution in [0.3, 0.4) is 0 Å². The number of amides is 1. The van der Waals surface area contributed by atoms with Gasteiger partial charge in [0.05, 0.1) is 5.54 Å². The van der Waals surface area contributed by atoms with Crippen molar-refractivity contribution >= 4 is 5.91 Å². The summed E-state index contributed by atoms with van der Waals surface area (Å²) in [5, 5.41) is 0. The number of piperidine rings is 1. The van der Waals surface area contributed by atoms with E-state index in [1.807, 2.05) is 0 Å². The number of carbonyl (C=O) groups is 1. The molecule has 1 fully saturated rings. The van der Waals surface area contributed by atoms with Crippen LogP contribution in [0.15, 0.2) is 0 Å². The number of hydrogen-bond donors (Lipinski definition) is 2. The van der Waals surface area contributed by atoms with Crippen molar-refractivity contribution in [2.75, 3.05) is 13.1 Å². The molecule has 2 unspecified atom stereocenters. The van der Waals surface area contributed by atoms with E-state index in [-0.39, 0.29) is 0 Å². The molecule has 1 aliphatic heterocycles. The van der Waals surface area contributed by atoms with Gasteiger partial charge in [0.2, 0.25) is 5.91 Å². The van der Waals surface area contributed by atoms with Gasteiger partial charge in [0.25, 0.3) is 0 Å². The molecule has 2 atom stereocenters. The second-order valence-electron chi connectivity index (χ2n) is 5.48. The Bertz CT molecular complexity index is 253. The average Bonchev–Trinajstić information content (AvgIpc) is 2.29. The van der Waals surface area contributed by atoms with Crippen molar-refractivity contribution in [1.82, 2.24) is 4.90 Å². The Morgan fingerprint density at radius 2 is 2.18 bits per heavy atom. The SMILES string of the molecule is CCC1CCCCN1CCCC(C)(N)C(N)=O. The minimum absolute atomic E-state index is 0.400. The maximum Gasteiger partial charge on any atom is 0.237 e. The fraction of sp³-hybridized carbons (Fsp3) is 0.923. The molecule has 4 N–H and O–H groups in total. The normalized spacial score (nSPS) is 25.5. The van der Waals surface area contributed by atoms with Crippen molar-refractivity contribution in [3.8, 4) is 0 Å². The van der Waals surface area contributed by atoms with Gasteiger partial charge < -0.3 is 16.4 Å². The van der Waals surface area contributed by atoms with Gasteiger partial charge >= 0.3 is 0 Å². The van der Waals surface area contributed by atoms with Crippen molar-refractivity contribution in [1.29, 1.82) is 0 Å². The Balaban J connectivity index is 2.32. The van der Waals surface area contributed by atoms with Crippen molar-refractivity contribution in [2.45, 2.75) is 64.0 Å². The first kappa shape index (κ1) is 14.5. The molecule has 0 bridgehead atoms. The third-order valence-corrected chi connectivity index (χ3v) is 3.92. The molecule has 4 heteroatoms. The fourth-order valence-electron chi connectivity index (χ4n) is 2.59. The summed E-state index contributed by atoms with van der Waals surface area (Å²) in [6.07, 6.45) is 6.81. The first-order chi connectivity index (χ1) is 7.97. The largest absolute Gasteiger partial charge is 0.368 e. The molecule has 1 heterocycles. The van der Waals surface area contributed by atoms with E-state index in [4.69, 9.17) is 11.5 Å². The van der Waals surface area contributed by atoms with E-state index in [9.17, 15) is 4.79 Å². The van der Waals surface area contributed by atoms with Gasteiger partial charge in [0.1, 0.15) is 0 Å². The Morgan fingerprint density at radius 3 is 2.76 bits per heavy atom. The van der Waals surface area contributed by atoms with E-state index in [1.165, 1.54) is 32.2 Å². The van der Waals surface area contributed by atoms with Crippen molar-refractivity contribution in [2.24, 2.45) is 11.5 Å². The summed E-state index contributed by atoms with van der Waals surface area (Å²) in [4.78, 5) is 13.6. The lowest BCUT2D eigenvalue weighted by molar-refractivity contribution is -0.122. The molecule has 0 radical (unpaired) electrons.